The van der Waals surface area contributed by atoms with Crippen LogP contribution in [0.3, 0.4) is 0 Å². The second-order valence-electron chi connectivity index (χ2n) is 6.41. The highest BCUT2D eigenvalue weighted by molar-refractivity contribution is 5.89. The van der Waals surface area contributed by atoms with E-state index >= 15 is 0 Å². The first-order chi connectivity index (χ1) is 12.0. The van der Waals surface area contributed by atoms with Crippen LogP contribution >= 0.6 is 0 Å². The highest BCUT2D eigenvalue weighted by Gasteiger charge is 2.61. The highest BCUT2D eigenvalue weighted by atomic mass is 16.5. The monoisotopic (exact) mass is 341 g/mol. The lowest BCUT2D eigenvalue weighted by Crippen LogP contribution is -2.51. The van der Waals surface area contributed by atoms with Crippen LogP contribution in [0.5, 0.6) is 0 Å². The summed E-state index contributed by atoms with van der Waals surface area (Å²) in [7, 11) is 0. The molecule has 6 heteroatoms. The third-order valence-electron chi connectivity index (χ3n) is 4.86. The Morgan fingerprint density at radius 1 is 1.48 bits per heavy atom. The van der Waals surface area contributed by atoms with Gasteiger partial charge < -0.3 is 20.3 Å². The lowest BCUT2D eigenvalue weighted by Gasteiger charge is -2.32. The number of carbonyl (C=O) groups is 2. The van der Waals surface area contributed by atoms with Crippen molar-refractivity contribution in [2.24, 2.45) is 0 Å². The zero-order valence-corrected chi connectivity index (χ0v) is 14.5. The predicted octanol–water partition coefficient (Wildman–Crippen LogP) is 1.43. The van der Waals surface area contributed by atoms with E-state index in [9.17, 15) is 9.59 Å². The van der Waals surface area contributed by atoms with Gasteiger partial charge in [0.1, 0.15) is 24.4 Å². The molecule has 2 amide bonds. The van der Waals surface area contributed by atoms with E-state index in [-0.39, 0.29) is 18.4 Å². The normalized spacial score (nSPS) is 26.4. The largest absolute Gasteiger partial charge is 0.362 e. The molecule has 2 N–H and O–H groups in total. The van der Waals surface area contributed by atoms with Crippen molar-refractivity contribution in [3.05, 3.63) is 29.8 Å². The Kier molecular flexibility index (Phi) is 4.69. The smallest absolute Gasteiger partial charge is 0.243 e. The number of ether oxygens (including phenoxy) is 1. The Morgan fingerprint density at radius 3 is 2.92 bits per heavy atom. The van der Waals surface area contributed by atoms with Gasteiger partial charge in [-0.1, -0.05) is 31.0 Å². The fraction of sp³-hybridized carbons (Fsp3) is 0.474. The number of terminal acetylenes is 1. The summed E-state index contributed by atoms with van der Waals surface area (Å²) in [6.07, 6.45) is 6.16. The number of para-hydroxylation sites is 1. The molecule has 3 rings (SSSR count). The van der Waals surface area contributed by atoms with Crippen molar-refractivity contribution in [3.63, 3.8) is 0 Å². The molecule has 1 aromatic carbocycles. The molecule has 132 valence electrons. The lowest BCUT2D eigenvalue weighted by atomic mass is 9.90. The predicted molar refractivity (Wildman–Crippen MR) is 94.5 cm³/mol. The van der Waals surface area contributed by atoms with E-state index in [0.717, 1.165) is 17.7 Å². The molecule has 6 nitrogen and oxygen atoms in total. The standard InChI is InChI=1S/C19H23N3O3/c1-4-10-20-17(24)16-12-19(25-11-5-2)14-8-6-7-9-15(14)21-18(19)22(16)13(3)23/h2,6-9,16,18,21H,4,10-12H2,1,3H3,(H,20,24)/t16-,18+,19+/m1/s1. The molecule has 1 fully saturated rings. The molecule has 1 aromatic rings. The summed E-state index contributed by atoms with van der Waals surface area (Å²) in [5.74, 6) is 2.17. The molecule has 1 saturated heterocycles. The molecule has 0 aliphatic carbocycles. The van der Waals surface area contributed by atoms with Crippen LogP contribution < -0.4 is 10.6 Å². The fourth-order valence-electron chi connectivity index (χ4n) is 3.84. The second kappa shape index (κ2) is 6.77. The maximum Gasteiger partial charge on any atom is 0.243 e. The van der Waals surface area contributed by atoms with E-state index in [1.807, 2.05) is 31.2 Å². The first-order valence-electron chi connectivity index (χ1n) is 8.55. The van der Waals surface area contributed by atoms with Crippen LogP contribution in [-0.2, 0) is 19.9 Å². The van der Waals surface area contributed by atoms with Crippen molar-refractivity contribution in [2.45, 2.75) is 44.5 Å². The van der Waals surface area contributed by atoms with Crippen molar-refractivity contribution in [1.82, 2.24) is 10.2 Å². The molecule has 0 radical (unpaired) electrons. The summed E-state index contributed by atoms with van der Waals surface area (Å²) >= 11 is 0. The van der Waals surface area contributed by atoms with Gasteiger partial charge in [0.05, 0.1) is 0 Å². The number of amides is 2. The Balaban J connectivity index is 2.01. The minimum atomic E-state index is -0.817. The summed E-state index contributed by atoms with van der Waals surface area (Å²) < 4.78 is 6.08. The Morgan fingerprint density at radius 2 is 2.24 bits per heavy atom. The van der Waals surface area contributed by atoms with Crippen LogP contribution in [0, 0.1) is 12.3 Å². The van der Waals surface area contributed by atoms with Crippen molar-refractivity contribution in [1.29, 1.82) is 0 Å². The zero-order valence-electron chi connectivity index (χ0n) is 14.5. The first kappa shape index (κ1) is 17.3. The van der Waals surface area contributed by atoms with Crippen LogP contribution in [0.4, 0.5) is 5.69 Å². The molecule has 0 saturated carbocycles. The Bertz CT molecular complexity index is 727. The molecule has 0 bridgehead atoms. The lowest BCUT2D eigenvalue weighted by molar-refractivity contribution is -0.139. The van der Waals surface area contributed by atoms with Crippen LogP contribution in [0.2, 0.25) is 0 Å². The van der Waals surface area contributed by atoms with Crippen LogP contribution in [-0.4, -0.2) is 42.1 Å². The number of hydrogen-bond acceptors (Lipinski definition) is 4. The van der Waals surface area contributed by atoms with Crippen LogP contribution in [0.15, 0.2) is 24.3 Å². The molecule has 0 spiro atoms. The summed E-state index contributed by atoms with van der Waals surface area (Å²) in [4.78, 5) is 26.6. The molecule has 25 heavy (non-hydrogen) atoms. The highest BCUT2D eigenvalue weighted by Crippen LogP contribution is 2.51. The number of likely N-dealkylation sites (tertiary alicyclic amines) is 1. The minimum Gasteiger partial charge on any atom is -0.362 e. The van der Waals surface area contributed by atoms with E-state index in [1.165, 1.54) is 6.92 Å². The van der Waals surface area contributed by atoms with Crippen molar-refractivity contribution in [2.75, 3.05) is 18.5 Å². The quantitative estimate of drug-likeness (QED) is 0.795. The van der Waals surface area contributed by atoms with Gasteiger partial charge in [0.2, 0.25) is 11.8 Å². The maximum absolute atomic E-state index is 12.6. The molecular formula is C19H23N3O3. The number of nitrogens with one attached hydrogen (secondary N) is 2. The molecule has 2 heterocycles. The first-order valence-corrected chi connectivity index (χ1v) is 8.55. The SMILES string of the molecule is C#CCO[C@]12C[C@H](C(=O)NCCC)N(C(C)=O)[C@@H]1Nc1ccccc12. The molecular weight excluding hydrogens is 318 g/mol. The molecule has 3 atom stereocenters. The average molecular weight is 341 g/mol. The number of nitrogens with zero attached hydrogens (tertiary/aromatic N) is 1. The van der Waals surface area contributed by atoms with Gasteiger partial charge in [0.15, 0.2) is 0 Å². The van der Waals surface area contributed by atoms with Gasteiger partial charge in [-0.3, -0.25) is 9.59 Å². The van der Waals surface area contributed by atoms with Crippen molar-refractivity contribution < 1.29 is 14.3 Å². The summed E-state index contributed by atoms with van der Waals surface area (Å²) in [6, 6.07) is 7.16. The number of carbonyl (C=O) groups excluding carboxylic acids is 2. The zero-order chi connectivity index (χ0) is 18.0. The third-order valence-corrected chi connectivity index (χ3v) is 4.86. The Hall–Kier alpha value is -2.52. The Labute approximate surface area is 147 Å². The van der Waals surface area contributed by atoms with Crippen molar-refractivity contribution >= 4 is 17.5 Å². The van der Waals surface area contributed by atoms with Crippen LogP contribution in [0.1, 0.15) is 32.3 Å². The number of anilines is 1. The topological polar surface area (TPSA) is 70.7 Å². The van der Waals surface area contributed by atoms with Gasteiger partial charge in [0, 0.05) is 31.1 Å². The second-order valence-corrected chi connectivity index (χ2v) is 6.41. The van der Waals surface area contributed by atoms with Gasteiger partial charge in [-0.05, 0) is 12.5 Å². The van der Waals surface area contributed by atoms with Gasteiger partial charge in [0.25, 0.3) is 0 Å². The van der Waals surface area contributed by atoms with Gasteiger partial charge in [-0.2, -0.15) is 0 Å². The van der Waals surface area contributed by atoms with E-state index in [1.54, 1.807) is 4.90 Å². The fourth-order valence-corrected chi connectivity index (χ4v) is 3.84. The molecule has 0 unspecified atom stereocenters. The van der Waals surface area contributed by atoms with Gasteiger partial charge in [-0.25, -0.2) is 0 Å². The van der Waals surface area contributed by atoms with E-state index < -0.39 is 17.8 Å². The number of fused-ring (bicyclic) bond motifs is 3. The average Bonchev–Trinajstić information content (AvgIpc) is 3.08. The summed E-state index contributed by atoms with van der Waals surface area (Å²) in [6.45, 7) is 4.15. The molecule has 2 aliphatic heterocycles. The number of rotatable bonds is 5. The number of benzene rings is 1. The van der Waals surface area contributed by atoms with Crippen molar-refractivity contribution in [3.8, 4) is 12.3 Å². The van der Waals surface area contributed by atoms with Crippen LogP contribution in [0.25, 0.3) is 0 Å². The third kappa shape index (κ3) is 2.75. The maximum atomic E-state index is 12.6. The summed E-state index contributed by atoms with van der Waals surface area (Å²) in [5.41, 5.74) is 1.03. The van der Waals surface area contributed by atoms with E-state index in [4.69, 9.17) is 11.2 Å². The van der Waals surface area contributed by atoms with E-state index in [0.29, 0.717) is 13.0 Å². The van der Waals surface area contributed by atoms with Gasteiger partial charge >= 0.3 is 0 Å². The minimum absolute atomic E-state index is 0.113. The van der Waals surface area contributed by atoms with Gasteiger partial charge in [-0.15, -0.1) is 6.42 Å². The molecule has 0 aromatic heterocycles. The summed E-state index contributed by atoms with van der Waals surface area (Å²) in [5, 5.41) is 6.24. The van der Waals surface area contributed by atoms with E-state index in [2.05, 4.69) is 16.6 Å². The number of hydrogen-bond donors (Lipinski definition) is 2. The molecule has 2 aliphatic rings.